The van der Waals surface area contributed by atoms with Crippen molar-refractivity contribution in [3.05, 3.63) is 0 Å². The molecular formula is C12H20O4. The van der Waals surface area contributed by atoms with Gasteiger partial charge in [0.25, 0.3) is 0 Å². The molecule has 3 aliphatic rings. The largest absolute Gasteiger partial charge is 0.350 e. The maximum atomic E-state index is 5.88. The van der Waals surface area contributed by atoms with Crippen LogP contribution >= 0.6 is 0 Å². The molecule has 1 spiro atoms. The first-order chi connectivity index (χ1) is 7.61. The SMILES string of the molecule is CC1(C)C[C@@H](C2OCCO2)C2(C1)OCCO2. The van der Waals surface area contributed by atoms with Gasteiger partial charge in [-0.2, -0.15) is 0 Å². The van der Waals surface area contributed by atoms with Gasteiger partial charge >= 0.3 is 0 Å². The fourth-order valence-corrected chi connectivity index (χ4v) is 3.32. The van der Waals surface area contributed by atoms with Gasteiger partial charge in [0.2, 0.25) is 0 Å². The predicted molar refractivity (Wildman–Crippen MR) is 56.8 cm³/mol. The monoisotopic (exact) mass is 228 g/mol. The van der Waals surface area contributed by atoms with Gasteiger partial charge in [-0.05, 0) is 11.8 Å². The molecule has 0 N–H and O–H groups in total. The van der Waals surface area contributed by atoms with E-state index in [-0.39, 0.29) is 17.6 Å². The third-order valence-corrected chi connectivity index (χ3v) is 3.81. The molecule has 2 saturated heterocycles. The summed E-state index contributed by atoms with van der Waals surface area (Å²) in [5.74, 6) is -0.231. The summed E-state index contributed by atoms with van der Waals surface area (Å²) in [6, 6.07) is 0. The molecule has 1 saturated carbocycles. The van der Waals surface area contributed by atoms with Crippen LogP contribution in [0.5, 0.6) is 0 Å². The minimum atomic E-state index is -0.446. The van der Waals surface area contributed by atoms with Gasteiger partial charge in [0.1, 0.15) is 0 Å². The molecule has 0 aromatic rings. The average molecular weight is 228 g/mol. The van der Waals surface area contributed by atoms with Crippen molar-refractivity contribution in [3.63, 3.8) is 0 Å². The van der Waals surface area contributed by atoms with Crippen LogP contribution in [0.4, 0.5) is 0 Å². The Balaban J connectivity index is 1.83. The van der Waals surface area contributed by atoms with Gasteiger partial charge in [0.15, 0.2) is 12.1 Å². The third-order valence-electron chi connectivity index (χ3n) is 3.81. The van der Waals surface area contributed by atoms with E-state index < -0.39 is 5.79 Å². The summed E-state index contributed by atoms with van der Waals surface area (Å²) in [6.45, 7) is 7.29. The van der Waals surface area contributed by atoms with Crippen LogP contribution in [0.2, 0.25) is 0 Å². The van der Waals surface area contributed by atoms with Crippen molar-refractivity contribution < 1.29 is 18.9 Å². The molecule has 92 valence electrons. The van der Waals surface area contributed by atoms with Crippen molar-refractivity contribution in [3.8, 4) is 0 Å². The molecule has 2 aliphatic heterocycles. The molecule has 3 rings (SSSR count). The van der Waals surface area contributed by atoms with Crippen LogP contribution < -0.4 is 0 Å². The molecule has 0 unspecified atom stereocenters. The second-order valence-electron chi connectivity index (χ2n) is 5.77. The highest BCUT2D eigenvalue weighted by molar-refractivity contribution is 4.99. The molecule has 0 radical (unpaired) electrons. The lowest BCUT2D eigenvalue weighted by Gasteiger charge is -2.31. The summed E-state index contributed by atoms with van der Waals surface area (Å²) >= 11 is 0. The summed E-state index contributed by atoms with van der Waals surface area (Å²) in [5.41, 5.74) is 0.240. The topological polar surface area (TPSA) is 36.9 Å². The zero-order valence-electron chi connectivity index (χ0n) is 10.0. The van der Waals surface area contributed by atoms with Crippen LogP contribution in [0.25, 0.3) is 0 Å². The zero-order chi connectivity index (χ0) is 11.2. The Morgan fingerprint density at radius 2 is 1.56 bits per heavy atom. The highest BCUT2D eigenvalue weighted by Gasteiger charge is 2.58. The van der Waals surface area contributed by atoms with E-state index in [0.29, 0.717) is 26.4 Å². The van der Waals surface area contributed by atoms with Crippen LogP contribution in [0.3, 0.4) is 0 Å². The Labute approximate surface area is 96.2 Å². The van der Waals surface area contributed by atoms with Gasteiger partial charge in [-0.25, -0.2) is 0 Å². The Morgan fingerprint density at radius 3 is 2.19 bits per heavy atom. The van der Waals surface area contributed by atoms with Gasteiger partial charge in [-0.1, -0.05) is 13.8 Å². The van der Waals surface area contributed by atoms with Crippen molar-refractivity contribution in [1.29, 1.82) is 0 Å². The predicted octanol–water partition coefficient (Wildman–Crippen LogP) is 1.54. The molecule has 4 nitrogen and oxygen atoms in total. The highest BCUT2D eigenvalue weighted by Crippen LogP contribution is 2.53. The molecular weight excluding hydrogens is 208 g/mol. The van der Waals surface area contributed by atoms with Crippen molar-refractivity contribution >= 4 is 0 Å². The molecule has 0 bridgehead atoms. The normalized spacial score (nSPS) is 37.5. The fourth-order valence-electron chi connectivity index (χ4n) is 3.32. The van der Waals surface area contributed by atoms with E-state index in [0.717, 1.165) is 12.8 Å². The summed E-state index contributed by atoms with van der Waals surface area (Å²) in [5, 5.41) is 0. The highest BCUT2D eigenvalue weighted by atomic mass is 16.8. The molecule has 0 amide bonds. The molecule has 2 heterocycles. The van der Waals surface area contributed by atoms with Crippen LogP contribution in [0, 0.1) is 11.3 Å². The standard InChI is InChI=1S/C12H20O4/c1-11(2)7-9(10-13-3-4-14-10)12(8-11)15-5-6-16-12/h9-10H,3-8H2,1-2H3/t9-/m0/s1. The van der Waals surface area contributed by atoms with Gasteiger partial charge < -0.3 is 18.9 Å². The maximum absolute atomic E-state index is 5.88. The van der Waals surface area contributed by atoms with E-state index >= 15 is 0 Å². The van der Waals surface area contributed by atoms with Crippen LogP contribution in [-0.4, -0.2) is 38.5 Å². The van der Waals surface area contributed by atoms with E-state index in [1.165, 1.54) is 0 Å². The van der Waals surface area contributed by atoms with Gasteiger partial charge in [-0.15, -0.1) is 0 Å². The minimum Gasteiger partial charge on any atom is -0.350 e. The summed E-state index contributed by atoms with van der Waals surface area (Å²) in [7, 11) is 0. The molecule has 1 atom stereocenters. The molecule has 0 aromatic carbocycles. The Kier molecular flexibility index (Phi) is 2.51. The van der Waals surface area contributed by atoms with Crippen LogP contribution in [-0.2, 0) is 18.9 Å². The first kappa shape index (κ1) is 11.0. The summed E-state index contributed by atoms with van der Waals surface area (Å²) in [6.07, 6.45) is 1.84. The third kappa shape index (κ3) is 1.68. The lowest BCUT2D eigenvalue weighted by Crippen LogP contribution is -2.41. The molecule has 1 aliphatic carbocycles. The first-order valence-corrected chi connectivity index (χ1v) is 6.13. The second-order valence-corrected chi connectivity index (χ2v) is 5.77. The number of hydrogen-bond acceptors (Lipinski definition) is 4. The van der Waals surface area contributed by atoms with E-state index in [9.17, 15) is 0 Å². The molecule has 16 heavy (non-hydrogen) atoms. The van der Waals surface area contributed by atoms with E-state index in [1.54, 1.807) is 0 Å². The van der Waals surface area contributed by atoms with E-state index in [2.05, 4.69) is 13.8 Å². The van der Waals surface area contributed by atoms with Crippen molar-refractivity contribution in [2.45, 2.75) is 38.8 Å². The first-order valence-electron chi connectivity index (χ1n) is 6.13. The maximum Gasteiger partial charge on any atom is 0.176 e. The molecule has 3 fully saturated rings. The lowest BCUT2D eigenvalue weighted by molar-refractivity contribution is -0.233. The Hall–Kier alpha value is -0.160. The van der Waals surface area contributed by atoms with E-state index in [4.69, 9.17) is 18.9 Å². The van der Waals surface area contributed by atoms with Gasteiger partial charge in [-0.3, -0.25) is 0 Å². The smallest absolute Gasteiger partial charge is 0.176 e. The second kappa shape index (κ2) is 3.67. The lowest BCUT2D eigenvalue weighted by atomic mass is 9.90. The fraction of sp³-hybridized carbons (Fsp3) is 1.00. The summed E-state index contributed by atoms with van der Waals surface area (Å²) < 4.78 is 23.0. The van der Waals surface area contributed by atoms with E-state index in [1.807, 2.05) is 0 Å². The molecule has 4 heteroatoms. The van der Waals surface area contributed by atoms with Crippen molar-refractivity contribution in [1.82, 2.24) is 0 Å². The van der Waals surface area contributed by atoms with Crippen molar-refractivity contribution in [2.24, 2.45) is 11.3 Å². The van der Waals surface area contributed by atoms with Gasteiger partial charge in [0.05, 0.1) is 32.3 Å². The summed E-state index contributed by atoms with van der Waals surface area (Å²) in [4.78, 5) is 0. The molecule has 0 aromatic heterocycles. The van der Waals surface area contributed by atoms with Gasteiger partial charge in [0, 0.05) is 6.42 Å². The minimum absolute atomic E-state index is 0.139. The quantitative estimate of drug-likeness (QED) is 0.682. The Morgan fingerprint density at radius 1 is 0.938 bits per heavy atom. The van der Waals surface area contributed by atoms with Crippen LogP contribution in [0.15, 0.2) is 0 Å². The Bertz CT molecular complexity index is 264. The number of ether oxygens (including phenoxy) is 4. The zero-order valence-corrected chi connectivity index (χ0v) is 10.0. The van der Waals surface area contributed by atoms with Crippen LogP contribution in [0.1, 0.15) is 26.7 Å². The number of rotatable bonds is 1. The number of hydrogen-bond donors (Lipinski definition) is 0. The average Bonchev–Trinajstić information content (AvgIpc) is 2.87. The van der Waals surface area contributed by atoms with Crippen molar-refractivity contribution in [2.75, 3.05) is 26.4 Å².